The molecule has 0 fully saturated rings. The van der Waals surface area contributed by atoms with Crippen LogP contribution in [0.1, 0.15) is 24.1 Å². The minimum Gasteiger partial charge on any atom is -0.331 e. The predicted octanol–water partition coefficient (Wildman–Crippen LogP) is 5.40. The highest BCUT2D eigenvalue weighted by Gasteiger charge is 2.15. The third-order valence-corrected chi connectivity index (χ3v) is 4.57. The van der Waals surface area contributed by atoms with Crippen LogP contribution in [-0.4, -0.2) is 18.0 Å². The molecule has 1 atom stereocenters. The number of carbonyl (C=O) groups excluding carboxylic acids is 1. The van der Waals surface area contributed by atoms with E-state index in [0.717, 1.165) is 16.7 Å². The molecule has 1 N–H and O–H groups in total. The van der Waals surface area contributed by atoms with E-state index in [4.69, 9.17) is 0 Å². The van der Waals surface area contributed by atoms with Gasteiger partial charge in [0.2, 0.25) is 0 Å². The van der Waals surface area contributed by atoms with Crippen molar-refractivity contribution in [3.05, 3.63) is 95.8 Å². The van der Waals surface area contributed by atoms with Crippen LogP contribution in [0.5, 0.6) is 0 Å². The van der Waals surface area contributed by atoms with Gasteiger partial charge in [0.15, 0.2) is 0 Å². The largest absolute Gasteiger partial charge is 0.331 e. The normalized spacial score (nSPS) is 11.7. The smallest absolute Gasteiger partial charge is 0.317 e. The molecule has 1 unspecified atom stereocenters. The zero-order valence-corrected chi connectivity index (χ0v) is 15.5. The molecule has 0 bridgehead atoms. The first kappa shape index (κ1) is 18.6. The van der Waals surface area contributed by atoms with Crippen molar-refractivity contribution >= 4 is 6.03 Å². The average Bonchev–Trinajstić information content (AvgIpc) is 2.70. The van der Waals surface area contributed by atoms with Crippen molar-refractivity contribution in [3.8, 4) is 11.1 Å². The van der Waals surface area contributed by atoms with Crippen LogP contribution >= 0.6 is 0 Å². The van der Waals surface area contributed by atoms with Crippen LogP contribution in [-0.2, 0) is 6.54 Å². The molecule has 0 saturated heterocycles. The Kier molecular flexibility index (Phi) is 5.87. The molecule has 0 aliphatic carbocycles. The summed E-state index contributed by atoms with van der Waals surface area (Å²) in [5.74, 6) is -0.304. The third-order valence-electron chi connectivity index (χ3n) is 4.57. The standard InChI is InChI=1S/C23H23FN2O/c1-17(18-12-14-20(15-13-18)19-8-4-3-5-9-19)25-23(27)26(2)16-21-10-6-7-11-22(21)24/h3-15,17H,16H2,1-2H3,(H,25,27). The van der Waals surface area contributed by atoms with Crippen molar-refractivity contribution in [3.63, 3.8) is 0 Å². The van der Waals surface area contributed by atoms with Crippen molar-refractivity contribution in [2.75, 3.05) is 7.05 Å². The quantitative estimate of drug-likeness (QED) is 0.648. The van der Waals surface area contributed by atoms with Gasteiger partial charge in [0, 0.05) is 19.2 Å². The predicted molar refractivity (Wildman–Crippen MR) is 107 cm³/mol. The number of urea groups is 1. The monoisotopic (exact) mass is 362 g/mol. The van der Waals surface area contributed by atoms with Crippen LogP contribution in [0, 0.1) is 5.82 Å². The van der Waals surface area contributed by atoms with Crippen molar-refractivity contribution in [1.82, 2.24) is 10.2 Å². The Morgan fingerprint density at radius 3 is 2.19 bits per heavy atom. The Labute approximate surface area is 159 Å². The number of halogens is 1. The van der Waals surface area contributed by atoms with E-state index in [1.54, 1.807) is 25.2 Å². The maximum absolute atomic E-state index is 13.8. The van der Waals surface area contributed by atoms with E-state index in [2.05, 4.69) is 29.6 Å². The van der Waals surface area contributed by atoms with E-state index in [1.807, 2.05) is 37.3 Å². The topological polar surface area (TPSA) is 32.3 Å². The summed E-state index contributed by atoms with van der Waals surface area (Å²) in [7, 11) is 1.66. The molecule has 0 spiro atoms. The number of nitrogens with one attached hydrogen (secondary N) is 1. The fourth-order valence-electron chi connectivity index (χ4n) is 2.93. The molecule has 2 amide bonds. The highest BCUT2D eigenvalue weighted by molar-refractivity contribution is 5.74. The molecule has 0 aliphatic heterocycles. The Morgan fingerprint density at radius 2 is 1.52 bits per heavy atom. The van der Waals surface area contributed by atoms with Gasteiger partial charge >= 0.3 is 6.03 Å². The number of amides is 2. The lowest BCUT2D eigenvalue weighted by Crippen LogP contribution is -2.38. The summed E-state index contributed by atoms with van der Waals surface area (Å²) in [4.78, 5) is 13.9. The first-order valence-corrected chi connectivity index (χ1v) is 8.95. The molecular weight excluding hydrogens is 339 g/mol. The molecule has 27 heavy (non-hydrogen) atoms. The van der Waals surface area contributed by atoms with E-state index in [1.165, 1.54) is 11.0 Å². The SMILES string of the molecule is CC(NC(=O)N(C)Cc1ccccc1F)c1ccc(-c2ccccc2)cc1. The average molecular weight is 362 g/mol. The Balaban J connectivity index is 1.61. The molecule has 3 nitrogen and oxygen atoms in total. The number of hydrogen-bond acceptors (Lipinski definition) is 1. The molecular formula is C23H23FN2O. The third kappa shape index (κ3) is 4.73. The van der Waals surface area contributed by atoms with Gasteiger partial charge in [-0.25, -0.2) is 9.18 Å². The van der Waals surface area contributed by atoms with Gasteiger partial charge in [0.05, 0.1) is 6.04 Å². The molecule has 0 heterocycles. The van der Waals surface area contributed by atoms with Crippen molar-refractivity contribution in [1.29, 1.82) is 0 Å². The number of benzene rings is 3. The van der Waals surface area contributed by atoms with E-state index < -0.39 is 0 Å². The van der Waals surface area contributed by atoms with Gasteiger partial charge < -0.3 is 10.2 Å². The molecule has 0 aliphatic rings. The second-order valence-electron chi connectivity index (χ2n) is 6.61. The molecule has 3 aromatic rings. The molecule has 3 rings (SSSR count). The van der Waals surface area contributed by atoms with Crippen LogP contribution in [0.2, 0.25) is 0 Å². The lowest BCUT2D eigenvalue weighted by atomic mass is 10.0. The maximum atomic E-state index is 13.8. The summed E-state index contributed by atoms with van der Waals surface area (Å²) in [6.07, 6.45) is 0. The molecule has 138 valence electrons. The first-order chi connectivity index (χ1) is 13.0. The summed E-state index contributed by atoms with van der Waals surface area (Å²) in [5, 5.41) is 2.96. The Bertz CT molecular complexity index is 894. The maximum Gasteiger partial charge on any atom is 0.317 e. The fraction of sp³-hybridized carbons (Fsp3) is 0.174. The molecule has 0 saturated carbocycles. The highest BCUT2D eigenvalue weighted by atomic mass is 19.1. The number of carbonyl (C=O) groups is 1. The summed E-state index contributed by atoms with van der Waals surface area (Å²) >= 11 is 0. The van der Waals surface area contributed by atoms with E-state index in [0.29, 0.717) is 5.56 Å². The van der Waals surface area contributed by atoms with E-state index in [9.17, 15) is 9.18 Å². The lowest BCUT2D eigenvalue weighted by molar-refractivity contribution is 0.203. The summed E-state index contributed by atoms with van der Waals surface area (Å²) in [6, 6.07) is 24.4. The van der Waals surface area contributed by atoms with Gasteiger partial charge in [0.1, 0.15) is 5.82 Å². The van der Waals surface area contributed by atoms with Crippen LogP contribution < -0.4 is 5.32 Å². The van der Waals surface area contributed by atoms with Crippen molar-refractivity contribution in [2.45, 2.75) is 19.5 Å². The van der Waals surface area contributed by atoms with Gasteiger partial charge in [-0.1, -0.05) is 72.8 Å². The number of hydrogen-bond donors (Lipinski definition) is 1. The Morgan fingerprint density at radius 1 is 0.926 bits per heavy atom. The van der Waals surface area contributed by atoms with Gasteiger partial charge in [0.25, 0.3) is 0 Å². The van der Waals surface area contributed by atoms with Crippen LogP contribution in [0.4, 0.5) is 9.18 Å². The molecule has 0 radical (unpaired) electrons. The van der Waals surface area contributed by atoms with Gasteiger partial charge in [-0.2, -0.15) is 0 Å². The molecule has 3 aromatic carbocycles. The van der Waals surface area contributed by atoms with Crippen LogP contribution in [0.15, 0.2) is 78.9 Å². The second-order valence-corrected chi connectivity index (χ2v) is 6.61. The van der Waals surface area contributed by atoms with Crippen LogP contribution in [0.25, 0.3) is 11.1 Å². The Hall–Kier alpha value is -3.14. The van der Waals surface area contributed by atoms with Gasteiger partial charge in [-0.05, 0) is 29.7 Å². The zero-order valence-electron chi connectivity index (χ0n) is 15.5. The number of rotatable bonds is 5. The lowest BCUT2D eigenvalue weighted by Gasteiger charge is -2.22. The summed E-state index contributed by atoms with van der Waals surface area (Å²) in [5.41, 5.74) is 3.80. The van der Waals surface area contributed by atoms with Gasteiger partial charge in [-0.3, -0.25) is 0 Å². The van der Waals surface area contributed by atoms with E-state index in [-0.39, 0.29) is 24.4 Å². The van der Waals surface area contributed by atoms with Crippen molar-refractivity contribution < 1.29 is 9.18 Å². The van der Waals surface area contributed by atoms with Crippen molar-refractivity contribution in [2.24, 2.45) is 0 Å². The fourth-order valence-corrected chi connectivity index (χ4v) is 2.93. The molecule has 4 heteroatoms. The first-order valence-electron chi connectivity index (χ1n) is 8.95. The summed E-state index contributed by atoms with van der Waals surface area (Å²) < 4.78 is 13.8. The zero-order chi connectivity index (χ0) is 19.2. The highest BCUT2D eigenvalue weighted by Crippen LogP contribution is 2.22. The number of nitrogens with zero attached hydrogens (tertiary/aromatic N) is 1. The summed E-state index contributed by atoms with van der Waals surface area (Å²) in [6.45, 7) is 2.16. The van der Waals surface area contributed by atoms with Gasteiger partial charge in [-0.15, -0.1) is 0 Å². The minimum atomic E-state index is -0.304. The minimum absolute atomic E-state index is 0.148. The van der Waals surface area contributed by atoms with E-state index >= 15 is 0 Å². The van der Waals surface area contributed by atoms with Crippen LogP contribution in [0.3, 0.4) is 0 Å². The molecule has 0 aromatic heterocycles. The second kappa shape index (κ2) is 8.49.